The molecule has 0 bridgehead atoms. The molecule has 2 aromatic heterocycles. The second-order valence-corrected chi connectivity index (χ2v) is 7.00. The predicted octanol–water partition coefficient (Wildman–Crippen LogP) is 2.20. The molecule has 0 radical (unpaired) electrons. The molecule has 9 nitrogen and oxygen atoms in total. The van der Waals surface area contributed by atoms with Crippen molar-refractivity contribution in [3.8, 4) is 17.1 Å². The van der Waals surface area contributed by atoms with Crippen molar-refractivity contribution in [3.05, 3.63) is 79.1 Å². The number of nitro benzene ring substituents is 1. The van der Waals surface area contributed by atoms with Gasteiger partial charge in [-0.05, 0) is 23.8 Å². The van der Waals surface area contributed by atoms with Crippen molar-refractivity contribution in [2.24, 2.45) is 0 Å². The van der Waals surface area contributed by atoms with Gasteiger partial charge in [0.2, 0.25) is 4.96 Å². The van der Waals surface area contributed by atoms with E-state index in [0.29, 0.717) is 26.4 Å². The second-order valence-electron chi connectivity index (χ2n) is 5.99. The van der Waals surface area contributed by atoms with Crippen molar-refractivity contribution in [2.45, 2.75) is 6.92 Å². The van der Waals surface area contributed by atoms with Gasteiger partial charge >= 0.3 is 5.97 Å². The minimum absolute atomic E-state index is 0.0602. The number of esters is 1. The molecular weight excluding hydrogens is 396 g/mol. The van der Waals surface area contributed by atoms with Crippen LogP contribution in [-0.4, -0.2) is 25.5 Å². The Labute approximate surface area is 166 Å². The standard InChI is InChI=1S/C19H12N4O5S/c1-11(24)28-15-8-3-2-7-14(15)17-20-19-22(21-17)18(25)16(29-19)10-12-5-4-6-13(9-12)23(26)27/h2-10H,1H3/b16-10-. The highest BCUT2D eigenvalue weighted by molar-refractivity contribution is 7.15. The first-order valence-corrected chi connectivity index (χ1v) is 9.17. The minimum Gasteiger partial charge on any atom is -0.426 e. The van der Waals surface area contributed by atoms with Crippen LogP contribution in [0.5, 0.6) is 5.75 Å². The van der Waals surface area contributed by atoms with Crippen LogP contribution < -0.4 is 14.8 Å². The first kappa shape index (κ1) is 18.4. The van der Waals surface area contributed by atoms with Gasteiger partial charge in [-0.25, -0.2) is 0 Å². The molecule has 4 rings (SSSR count). The van der Waals surface area contributed by atoms with Crippen LogP contribution in [0.4, 0.5) is 5.69 Å². The largest absolute Gasteiger partial charge is 0.426 e. The lowest BCUT2D eigenvalue weighted by atomic mass is 10.2. The van der Waals surface area contributed by atoms with Gasteiger partial charge in [0, 0.05) is 19.1 Å². The van der Waals surface area contributed by atoms with E-state index in [9.17, 15) is 19.7 Å². The van der Waals surface area contributed by atoms with Crippen LogP contribution in [0, 0.1) is 10.1 Å². The van der Waals surface area contributed by atoms with Gasteiger partial charge in [0.25, 0.3) is 11.2 Å². The molecule has 4 aromatic rings. The quantitative estimate of drug-likeness (QED) is 0.220. The van der Waals surface area contributed by atoms with Gasteiger partial charge in [0.15, 0.2) is 5.82 Å². The van der Waals surface area contributed by atoms with E-state index in [4.69, 9.17) is 4.74 Å². The molecule has 2 heterocycles. The molecular formula is C19H12N4O5S. The molecule has 29 heavy (non-hydrogen) atoms. The topological polar surface area (TPSA) is 117 Å². The smallest absolute Gasteiger partial charge is 0.308 e. The molecule has 0 fully saturated rings. The number of thiazole rings is 1. The maximum atomic E-state index is 12.7. The molecule has 0 aliphatic heterocycles. The fourth-order valence-electron chi connectivity index (χ4n) is 2.72. The molecule has 0 spiro atoms. The van der Waals surface area contributed by atoms with Crippen molar-refractivity contribution in [1.82, 2.24) is 14.6 Å². The van der Waals surface area contributed by atoms with Gasteiger partial charge in [-0.3, -0.25) is 19.7 Å². The van der Waals surface area contributed by atoms with Gasteiger partial charge in [-0.1, -0.05) is 35.6 Å². The Morgan fingerprint density at radius 2 is 2.03 bits per heavy atom. The fraction of sp³-hybridized carbons (Fsp3) is 0.0526. The van der Waals surface area contributed by atoms with Gasteiger partial charge in [-0.2, -0.15) is 9.50 Å². The summed E-state index contributed by atoms with van der Waals surface area (Å²) in [6, 6.07) is 12.8. The van der Waals surface area contributed by atoms with Crippen LogP contribution in [-0.2, 0) is 4.79 Å². The van der Waals surface area contributed by atoms with Crippen molar-refractivity contribution in [3.63, 3.8) is 0 Å². The number of fused-ring (bicyclic) bond motifs is 1. The summed E-state index contributed by atoms with van der Waals surface area (Å²) in [6.07, 6.45) is 1.56. The lowest BCUT2D eigenvalue weighted by Gasteiger charge is -2.04. The number of nitro groups is 1. The third-order valence-corrected chi connectivity index (χ3v) is 4.90. The molecule has 2 aromatic carbocycles. The van der Waals surface area contributed by atoms with E-state index in [-0.39, 0.29) is 17.1 Å². The fourth-order valence-corrected chi connectivity index (χ4v) is 3.63. The number of rotatable bonds is 4. The monoisotopic (exact) mass is 408 g/mol. The van der Waals surface area contributed by atoms with Crippen LogP contribution in [0.1, 0.15) is 12.5 Å². The highest BCUT2D eigenvalue weighted by Crippen LogP contribution is 2.27. The van der Waals surface area contributed by atoms with E-state index in [0.717, 1.165) is 15.9 Å². The first-order chi connectivity index (χ1) is 13.9. The van der Waals surface area contributed by atoms with Crippen LogP contribution in [0.3, 0.4) is 0 Å². The maximum absolute atomic E-state index is 12.7. The van der Waals surface area contributed by atoms with Crippen LogP contribution in [0.25, 0.3) is 22.4 Å². The number of carbonyl (C=O) groups is 1. The third-order valence-electron chi connectivity index (χ3n) is 3.94. The Balaban J connectivity index is 1.78. The van der Waals surface area contributed by atoms with E-state index < -0.39 is 10.9 Å². The summed E-state index contributed by atoms with van der Waals surface area (Å²) in [7, 11) is 0. The number of aromatic nitrogens is 3. The number of benzene rings is 2. The number of hydrogen-bond donors (Lipinski definition) is 0. The Bertz CT molecular complexity index is 1380. The molecule has 0 amide bonds. The summed E-state index contributed by atoms with van der Waals surface area (Å²) in [6.45, 7) is 1.29. The summed E-state index contributed by atoms with van der Waals surface area (Å²) in [4.78, 5) is 39.1. The molecule has 0 atom stereocenters. The first-order valence-electron chi connectivity index (χ1n) is 8.36. The normalized spacial score (nSPS) is 11.7. The number of non-ortho nitro benzene ring substituents is 1. The average Bonchev–Trinajstić information content (AvgIpc) is 3.22. The Hall–Kier alpha value is -3.92. The van der Waals surface area contributed by atoms with Crippen LogP contribution in [0.2, 0.25) is 0 Å². The summed E-state index contributed by atoms with van der Waals surface area (Å²) in [5.74, 6) is 0.0815. The number of ether oxygens (including phenoxy) is 1. The van der Waals surface area contributed by atoms with Gasteiger partial charge in [0.05, 0.1) is 15.0 Å². The highest BCUT2D eigenvalue weighted by Gasteiger charge is 2.16. The Morgan fingerprint density at radius 3 is 2.76 bits per heavy atom. The molecule has 0 unspecified atom stereocenters. The molecule has 144 valence electrons. The molecule has 0 saturated heterocycles. The third kappa shape index (κ3) is 3.60. The number of hydrogen-bond acceptors (Lipinski definition) is 8. The molecule has 0 aliphatic rings. The lowest BCUT2D eigenvalue weighted by molar-refractivity contribution is -0.384. The Morgan fingerprint density at radius 1 is 1.24 bits per heavy atom. The van der Waals surface area contributed by atoms with Gasteiger partial charge in [-0.15, -0.1) is 5.10 Å². The predicted molar refractivity (Wildman–Crippen MR) is 106 cm³/mol. The molecule has 10 heteroatoms. The number of carbonyl (C=O) groups excluding carboxylic acids is 1. The Kier molecular flexibility index (Phi) is 4.61. The zero-order valence-corrected chi connectivity index (χ0v) is 15.8. The van der Waals surface area contributed by atoms with E-state index >= 15 is 0 Å². The van der Waals surface area contributed by atoms with E-state index in [1.165, 1.54) is 19.1 Å². The molecule has 0 saturated carbocycles. The van der Waals surface area contributed by atoms with Crippen molar-refractivity contribution in [2.75, 3.05) is 0 Å². The van der Waals surface area contributed by atoms with Crippen molar-refractivity contribution < 1.29 is 14.5 Å². The van der Waals surface area contributed by atoms with Gasteiger partial charge < -0.3 is 4.74 Å². The van der Waals surface area contributed by atoms with Crippen molar-refractivity contribution in [1.29, 1.82) is 0 Å². The van der Waals surface area contributed by atoms with E-state index in [1.807, 2.05) is 0 Å². The zero-order valence-electron chi connectivity index (χ0n) is 14.9. The van der Waals surface area contributed by atoms with E-state index in [2.05, 4.69) is 10.1 Å². The van der Waals surface area contributed by atoms with Gasteiger partial charge in [0.1, 0.15) is 5.75 Å². The molecule has 0 aliphatic carbocycles. The summed E-state index contributed by atoms with van der Waals surface area (Å²) >= 11 is 1.11. The molecule has 0 N–H and O–H groups in total. The average molecular weight is 408 g/mol. The summed E-state index contributed by atoms with van der Waals surface area (Å²) in [5, 5.41) is 15.2. The SMILES string of the molecule is CC(=O)Oc1ccccc1-c1nc2s/c(=C\c3cccc([N+](=O)[O-])c3)c(=O)n2n1. The maximum Gasteiger partial charge on any atom is 0.308 e. The summed E-state index contributed by atoms with van der Waals surface area (Å²) in [5.41, 5.74) is 0.568. The minimum atomic E-state index is -0.495. The van der Waals surface area contributed by atoms with Crippen LogP contribution >= 0.6 is 11.3 Å². The highest BCUT2D eigenvalue weighted by atomic mass is 32.1. The number of nitrogens with zero attached hydrogens (tertiary/aromatic N) is 4. The zero-order chi connectivity index (χ0) is 20.5. The van der Waals surface area contributed by atoms with E-state index in [1.54, 1.807) is 42.5 Å². The number of para-hydroxylation sites is 1. The lowest BCUT2D eigenvalue weighted by Crippen LogP contribution is -2.23. The summed E-state index contributed by atoms with van der Waals surface area (Å²) < 4.78 is 6.68. The van der Waals surface area contributed by atoms with Crippen molar-refractivity contribution >= 4 is 34.0 Å². The van der Waals surface area contributed by atoms with Crippen LogP contribution in [0.15, 0.2) is 53.3 Å². The second kappa shape index (κ2) is 7.24.